The lowest BCUT2D eigenvalue weighted by Crippen LogP contribution is -2.46. The number of likely N-dealkylation sites (tertiary alicyclic amines) is 1. The number of carbonyl (C=O) groups is 3. The molecule has 0 spiro atoms. The molecule has 6 aliphatic rings. The first-order chi connectivity index (χ1) is 20.9. The molecule has 43 heavy (non-hydrogen) atoms. The molecular weight excluding hydrogens is 554 g/mol. The second-order valence-electron chi connectivity index (χ2n) is 10.9. The average molecular weight is 590 g/mol. The molecule has 0 unspecified atom stereocenters. The highest BCUT2D eigenvalue weighted by atomic mass is 16.5. The van der Waals surface area contributed by atoms with E-state index < -0.39 is 12.1 Å². The van der Waals surface area contributed by atoms with Gasteiger partial charge in [0.05, 0.1) is 26.8 Å². The number of hydrogen-bond acceptors (Lipinski definition) is 8. The Morgan fingerprint density at radius 3 is 2.67 bits per heavy atom. The zero-order valence-corrected chi connectivity index (χ0v) is 24.2. The Balaban J connectivity index is 1.27. The Morgan fingerprint density at radius 1 is 0.977 bits per heavy atom. The third kappa shape index (κ3) is 6.08. The predicted molar refractivity (Wildman–Crippen MR) is 155 cm³/mol. The van der Waals surface area contributed by atoms with Gasteiger partial charge in [0.25, 0.3) is 11.8 Å². The van der Waals surface area contributed by atoms with Crippen molar-refractivity contribution in [2.45, 2.75) is 50.8 Å². The van der Waals surface area contributed by atoms with Crippen molar-refractivity contribution in [2.24, 2.45) is 0 Å². The summed E-state index contributed by atoms with van der Waals surface area (Å²) in [5.41, 5.74) is 4.11. The van der Waals surface area contributed by atoms with Crippen molar-refractivity contribution >= 4 is 17.7 Å². The molecule has 1 saturated heterocycles. The molecule has 12 nitrogen and oxygen atoms in total. The summed E-state index contributed by atoms with van der Waals surface area (Å²) in [5.74, 6) is 1.29. The van der Waals surface area contributed by atoms with Crippen LogP contribution >= 0.6 is 0 Å². The summed E-state index contributed by atoms with van der Waals surface area (Å²) in [6.07, 6.45) is 2.93. The molecule has 2 aromatic carbocycles. The quantitative estimate of drug-likeness (QED) is 0.421. The maximum atomic E-state index is 13.6. The van der Waals surface area contributed by atoms with Crippen LogP contribution in [0.15, 0.2) is 36.4 Å². The van der Waals surface area contributed by atoms with Crippen molar-refractivity contribution in [3.05, 3.63) is 64.5 Å². The third-order valence-corrected chi connectivity index (χ3v) is 8.16. The van der Waals surface area contributed by atoms with Gasteiger partial charge in [0, 0.05) is 42.4 Å². The van der Waals surface area contributed by atoms with Gasteiger partial charge in [0.2, 0.25) is 5.91 Å². The molecule has 226 valence electrons. The molecule has 1 aliphatic carbocycles. The Labute approximate surface area is 249 Å². The molecule has 3 amide bonds. The van der Waals surface area contributed by atoms with E-state index in [2.05, 4.69) is 20.8 Å². The zero-order valence-electron chi connectivity index (χ0n) is 24.2. The van der Waals surface area contributed by atoms with Gasteiger partial charge in [-0.25, -0.2) is 0 Å². The Bertz CT molecular complexity index is 1540. The highest BCUT2D eigenvalue weighted by molar-refractivity contribution is 5.94. The lowest BCUT2D eigenvalue weighted by Gasteiger charge is -2.22. The van der Waals surface area contributed by atoms with Crippen LogP contribution in [0.1, 0.15) is 45.7 Å². The number of amides is 3. The van der Waals surface area contributed by atoms with Crippen LogP contribution in [0.3, 0.4) is 0 Å². The van der Waals surface area contributed by atoms with E-state index in [1.54, 1.807) is 36.3 Å². The van der Waals surface area contributed by atoms with Crippen molar-refractivity contribution < 1.29 is 33.3 Å². The Morgan fingerprint density at radius 2 is 1.84 bits per heavy atom. The molecule has 0 radical (unpaired) electrons. The van der Waals surface area contributed by atoms with Gasteiger partial charge in [-0.15, -0.1) is 0 Å². The van der Waals surface area contributed by atoms with E-state index >= 15 is 0 Å². The first-order valence-electron chi connectivity index (χ1n) is 14.5. The molecule has 1 fully saturated rings. The lowest BCUT2D eigenvalue weighted by atomic mass is 10.1. The lowest BCUT2D eigenvalue weighted by molar-refractivity contribution is -0.124. The van der Waals surface area contributed by atoms with Gasteiger partial charge in [-0.1, -0.05) is 6.07 Å². The van der Waals surface area contributed by atoms with Crippen LogP contribution in [0.5, 0.6) is 23.0 Å². The van der Waals surface area contributed by atoms with E-state index in [9.17, 15) is 14.4 Å². The second-order valence-corrected chi connectivity index (χ2v) is 10.9. The third-order valence-electron chi connectivity index (χ3n) is 8.16. The van der Waals surface area contributed by atoms with E-state index in [1.807, 2.05) is 12.1 Å². The van der Waals surface area contributed by atoms with Gasteiger partial charge >= 0.3 is 0 Å². The number of methoxy groups -OCH3 is 2. The number of aryl methyl sites for hydroxylation is 2. The summed E-state index contributed by atoms with van der Waals surface area (Å²) in [7, 11) is 3.08. The monoisotopic (exact) mass is 589 g/mol. The molecule has 12 heteroatoms. The number of nitrogens with one attached hydrogen (secondary N) is 3. The number of aromatic nitrogens is 2. The van der Waals surface area contributed by atoms with Crippen LogP contribution in [0.4, 0.5) is 0 Å². The molecule has 5 aliphatic heterocycles. The topological polar surface area (TPSA) is 144 Å². The Kier molecular flexibility index (Phi) is 8.08. The van der Waals surface area contributed by atoms with Gasteiger partial charge in [0.1, 0.15) is 17.6 Å². The molecule has 1 aromatic heterocycles. The van der Waals surface area contributed by atoms with Crippen LogP contribution in [0.2, 0.25) is 0 Å². The number of nitrogens with zero attached hydrogens (tertiary/aromatic N) is 2. The minimum Gasteiger partial charge on any atom is -0.496 e. The van der Waals surface area contributed by atoms with Gasteiger partial charge in [0.15, 0.2) is 23.8 Å². The summed E-state index contributed by atoms with van der Waals surface area (Å²) in [5, 5.41) is 13.3. The SMILES string of the molecule is COc1cc2ccc1CNC(=O)CCc1ccc(c(OC)c1)OCC(=O)N[C@@H]1CN(C(=O)c3n[nH]c4c3CCC4)C[C@H]1O2. The minimum absolute atomic E-state index is 0.103. The Hall–Kier alpha value is -4.74. The molecular formula is C31H35N5O7. The highest BCUT2D eigenvalue weighted by Gasteiger charge is 2.40. The minimum atomic E-state index is -0.547. The predicted octanol–water partition coefficient (Wildman–Crippen LogP) is 1.95. The van der Waals surface area contributed by atoms with Crippen LogP contribution < -0.4 is 29.6 Å². The summed E-state index contributed by atoms with van der Waals surface area (Å²) < 4.78 is 23.3. The average Bonchev–Trinajstić information content (AvgIpc) is 3.74. The largest absolute Gasteiger partial charge is 0.496 e. The van der Waals surface area contributed by atoms with Crippen molar-refractivity contribution in [3.63, 3.8) is 0 Å². The van der Waals surface area contributed by atoms with Crippen molar-refractivity contribution in [3.8, 4) is 23.0 Å². The van der Waals surface area contributed by atoms with E-state index in [0.717, 1.165) is 41.6 Å². The number of hydrogen-bond donors (Lipinski definition) is 3. The van der Waals surface area contributed by atoms with Crippen LogP contribution in [0, 0.1) is 0 Å². The van der Waals surface area contributed by atoms with Crippen LogP contribution in [-0.2, 0) is 35.4 Å². The number of aromatic amines is 1. The maximum Gasteiger partial charge on any atom is 0.274 e. The van der Waals surface area contributed by atoms with Crippen LogP contribution in [0.25, 0.3) is 0 Å². The highest BCUT2D eigenvalue weighted by Crippen LogP contribution is 2.30. The number of rotatable bonds is 3. The van der Waals surface area contributed by atoms with E-state index in [0.29, 0.717) is 35.1 Å². The van der Waals surface area contributed by atoms with E-state index in [1.165, 1.54) is 7.11 Å². The number of H-pyrrole nitrogens is 1. The molecule has 0 saturated carbocycles. The number of ether oxygens (including phenoxy) is 4. The second kappa shape index (κ2) is 12.2. The molecule has 4 bridgehead atoms. The molecule has 3 N–H and O–H groups in total. The molecule has 6 heterocycles. The fraction of sp³-hybridized carbons (Fsp3) is 0.419. The number of benzene rings is 2. The normalized spacial score (nSPS) is 20.4. The van der Waals surface area contributed by atoms with Gasteiger partial charge in [-0.2, -0.15) is 5.10 Å². The molecule has 3 aromatic rings. The smallest absolute Gasteiger partial charge is 0.274 e. The molecule has 9 rings (SSSR count). The van der Waals surface area contributed by atoms with Gasteiger partial charge < -0.3 is 34.5 Å². The summed E-state index contributed by atoms with van der Waals surface area (Å²) in [4.78, 5) is 41.0. The maximum absolute atomic E-state index is 13.6. The first-order valence-corrected chi connectivity index (χ1v) is 14.5. The van der Waals surface area contributed by atoms with Crippen molar-refractivity contribution in [1.29, 1.82) is 0 Å². The molecule has 2 atom stereocenters. The van der Waals surface area contributed by atoms with Crippen molar-refractivity contribution in [2.75, 3.05) is 33.9 Å². The first kappa shape index (κ1) is 28.4. The van der Waals surface area contributed by atoms with Gasteiger partial charge in [-0.05, 0) is 55.5 Å². The summed E-state index contributed by atoms with van der Waals surface area (Å²) in [6.45, 7) is 0.527. The van der Waals surface area contributed by atoms with E-state index in [-0.39, 0.29) is 50.4 Å². The number of fused-ring (bicyclic) bond motifs is 1. The van der Waals surface area contributed by atoms with E-state index in [4.69, 9.17) is 18.9 Å². The fourth-order valence-electron chi connectivity index (χ4n) is 5.88. The standard InChI is InChI=1S/C31H35N5O7/c1-40-25-13-20-9-8-19(25)14-32-28(37)11-7-18-6-10-24(26(12-18)41-2)42-17-29(38)33-23-15-36(16-27(23)43-20)31(39)30-21-4-3-5-22(21)34-35-30/h6,8-10,12-13,23,27H,3-5,7,11,14-17H2,1-2H3,(H,32,37)(H,33,38)(H,34,35)/t23-,27-/m1/s1. The number of carbonyl (C=O) groups excluding carboxylic acids is 3. The summed E-state index contributed by atoms with van der Waals surface area (Å²) >= 11 is 0. The fourth-order valence-corrected chi connectivity index (χ4v) is 5.88. The van der Waals surface area contributed by atoms with Crippen LogP contribution in [-0.4, -0.2) is 78.9 Å². The van der Waals surface area contributed by atoms with Crippen molar-refractivity contribution in [1.82, 2.24) is 25.7 Å². The van der Waals surface area contributed by atoms with Gasteiger partial charge in [-0.3, -0.25) is 19.5 Å². The zero-order chi connectivity index (χ0) is 29.9. The summed E-state index contributed by atoms with van der Waals surface area (Å²) in [6, 6.07) is 10.3.